The number of benzene rings is 3. The maximum atomic E-state index is 5.92. The van der Waals surface area contributed by atoms with Gasteiger partial charge in [0.05, 0.1) is 13.7 Å². The first kappa shape index (κ1) is 30.2. The molecule has 0 atom stereocenters. The maximum Gasteiger partial charge on any atom is 0.216 e. The van der Waals surface area contributed by atoms with E-state index in [1.54, 1.807) is 6.20 Å². The van der Waals surface area contributed by atoms with Crippen LogP contribution in [0.25, 0.3) is 55.7 Å². The molecule has 0 aliphatic carbocycles. The molecule has 0 aliphatic heterocycles. The van der Waals surface area contributed by atoms with Crippen LogP contribution in [0.3, 0.4) is 0 Å². The Morgan fingerprint density at radius 3 is 2.23 bits per heavy atom. The van der Waals surface area contributed by atoms with Crippen LogP contribution in [0.4, 0.5) is 0 Å². The zero-order chi connectivity index (χ0) is 29.1. The Morgan fingerprint density at radius 1 is 0.721 bits per heavy atom. The monoisotopic (exact) mass is 754 g/mol. The van der Waals surface area contributed by atoms with Crippen LogP contribution in [0.1, 0.15) is 5.69 Å². The molecular formula is C37H31IrN3OSi-2. The van der Waals surface area contributed by atoms with Crippen molar-refractivity contribution in [2.45, 2.75) is 26.6 Å². The third kappa shape index (κ3) is 6.73. The van der Waals surface area contributed by atoms with Crippen LogP contribution in [0, 0.1) is 19.1 Å². The van der Waals surface area contributed by atoms with E-state index in [2.05, 4.69) is 96.5 Å². The summed E-state index contributed by atoms with van der Waals surface area (Å²) in [7, 11) is -1.56. The average Bonchev–Trinajstić information content (AvgIpc) is 3.39. The first-order valence-electron chi connectivity index (χ1n) is 14.0. The molecular weight excluding hydrogens is 723 g/mol. The molecule has 4 heterocycles. The van der Waals surface area contributed by atoms with Crippen LogP contribution in [0.5, 0.6) is 0 Å². The summed E-state index contributed by atoms with van der Waals surface area (Å²) < 4.78 is 5.92. The Hall–Kier alpha value is -4.22. The summed E-state index contributed by atoms with van der Waals surface area (Å²) in [6, 6.07) is 41.1. The van der Waals surface area contributed by atoms with Crippen molar-refractivity contribution in [3.8, 4) is 33.6 Å². The van der Waals surface area contributed by atoms with E-state index in [1.807, 2.05) is 61.5 Å². The Bertz CT molecular complexity index is 1930. The van der Waals surface area contributed by atoms with Gasteiger partial charge in [0.25, 0.3) is 0 Å². The van der Waals surface area contributed by atoms with E-state index in [4.69, 9.17) is 9.40 Å². The largest absolute Gasteiger partial charge is 0.486 e. The van der Waals surface area contributed by atoms with Gasteiger partial charge in [0.15, 0.2) is 0 Å². The predicted octanol–water partition coefficient (Wildman–Crippen LogP) is 8.91. The van der Waals surface area contributed by atoms with Gasteiger partial charge in [0.1, 0.15) is 0 Å². The van der Waals surface area contributed by atoms with Crippen molar-refractivity contribution in [1.82, 2.24) is 15.0 Å². The number of hydrogen-bond acceptors (Lipinski definition) is 4. The summed E-state index contributed by atoms with van der Waals surface area (Å²) in [6.07, 6.45) is 3.86. The Kier molecular flexibility index (Phi) is 9.12. The molecule has 3 aromatic carbocycles. The van der Waals surface area contributed by atoms with Crippen molar-refractivity contribution in [1.29, 1.82) is 0 Å². The van der Waals surface area contributed by atoms with Crippen LogP contribution < -0.4 is 5.19 Å². The number of fused-ring (bicyclic) bond motifs is 3. The molecule has 7 aromatic rings. The summed E-state index contributed by atoms with van der Waals surface area (Å²) in [4.78, 5) is 13.6. The fourth-order valence-corrected chi connectivity index (χ4v) is 6.45. The van der Waals surface area contributed by atoms with Crippen LogP contribution in [-0.4, -0.2) is 23.0 Å². The number of nitrogens with zero attached hydrogens (tertiary/aromatic N) is 3. The van der Waals surface area contributed by atoms with Gasteiger partial charge in [0, 0.05) is 43.6 Å². The van der Waals surface area contributed by atoms with Gasteiger partial charge in [-0.3, -0.25) is 0 Å². The van der Waals surface area contributed by atoms with Gasteiger partial charge >= 0.3 is 0 Å². The maximum absolute atomic E-state index is 5.92. The minimum atomic E-state index is -1.56. The number of furan rings is 1. The number of rotatable bonds is 4. The van der Waals surface area contributed by atoms with Crippen LogP contribution in [-0.2, 0) is 20.1 Å². The Balaban J connectivity index is 0.000000238. The topological polar surface area (TPSA) is 51.8 Å². The van der Waals surface area contributed by atoms with Crippen molar-refractivity contribution >= 4 is 35.3 Å². The molecule has 0 N–H and O–H groups in total. The van der Waals surface area contributed by atoms with Crippen molar-refractivity contribution in [3.05, 3.63) is 133 Å². The van der Waals surface area contributed by atoms with Crippen LogP contribution >= 0.6 is 0 Å². The van der Waals surface area contributed by atoms with Gasteiger partial charge in [-0.1, -0.05) is 73.6 Å². The molecule has 43 heavy (non-hydrogen) atoms. The molecule has 215 valence electrons. The second-order valence-electron chi connectivity index (χ2n) is 11.3. The van der Waals surface area contributed by atoms with Crippen molar-refractivity contribution in [3.63, 3.8) is 0 Å². The van der Waals surface area contributed by atoms with Gasteiger partial charge < -0.3 is 14.4 Å². The van der Waals surface area contributed by atoms with E-state index >= 15 is 0 Å². The molecule has 6 heteroatoms. The molecule has 4 aromatic heterocycles. The van der Waals surface area contributed by atoms with Crippen molar-refractivity contribution in [2.24, 2.45) is 0 Å². The van der Waals surface area contributed by atoms with Gasteiger partial charge in [-0.05, 0) is 52.8 Å². The zero-order valence-electron chi connectivity index (χ0n) is 24.6. The van der Waals surface area contributed by atoms with Gasteiger partial charge in [-0.25, -0.2) is 4.98 Å². The standard InChI is InChI=1S/C26H23N2OSi.C11H8N.Ir/c1-17-10-12-20-22-14-19(11-13-24(22)29-26(20)28-17)23-15-21(18-8-6-5-7-9-18)25(16-27-23)30(2,3)4;1-2-6-10(7-3-1)11-8-4-5-9-12-11;/h5-10,12-16H,1-4H3;1-6,8-9H;/q2*-1;. The van der Waals surface area contributed by atoms with Gasteiger partial charge in [-0.2, -0.15) is 0 Å². The molecule has 0 amide bonds. The molecule has 0 aliphatic rings. The molecule has 0 saturated heterocycles. The minimum absolute atomic E-state index is 0. The summed E-state index contributed by atoms with van der Waals surface area (Å²) in [5, 5.41) is 3.43. The molecule has 0 bridgehead atoms. The zero-order valence-corrected chi connectivity index (χ0v) is 27.9. The molecule has 0 unspecified atom stereocenters. The summed E-state index contributed by atoms with van der Waals surface area (Å²) in [5.41, 5.74) is 8.81. The second kappa shape index (κ2) is 13.0. The SMILES string of the molecule is Cc1ccc2c(n1)oc1c[c-]c(-c3cc(-c4ccccc4)c([Si](C)(C)C)cn3)cc12.[Ir].[c-]1ccccc1-c1ccccn1. The third-order valence-corrected chi connectivity index (χ3v) is 9.15. The van der Waals surface area contributed by atoms with E-state index in [0.717, 1.165) is 44.6 Å². The summed E-state index contributed by atoms with van der Waals surface area (Å²) in [5.74, 6) is 0. The molecule has 0 saturated carbocycles. The Labute approximate surface area is 267 Å². The molecule has 0 fully saturated rings. The predicted molar refractivity (Wildman–Crippen MR) is 175 cm³/mol. The molecule has 7 rings (SSSR count). The Morgan fingerprint density at radius 2 is 1.51 bits per heavy atom. The van der Waals surface area contributed by atoms with Crippen molar-refractivity contribution in [2.75, 3.05) is 0 Å². The molecule has 0 spiro atoms. The van der Waals surface area contributed by atoms with E-state index < -0.39 is 8.07 Å². The number of aromatic nitrogens is 3. The number of aryl methyl sites for hydroxylation is 1. The van der Waals surface area contributed by atoms with Gasteiger partial charge in [-0.15, -0.1) is 59.7 Å². The van der Waals surface area contributed by atoms with Gasteiger partial charge in [0.2, 0.25) is 5.71 Å². The quantitative estimate of drug-likeness (QED) is 0.133. The molecule has 4 nitrogen and oxygen atoms in total. The van der Waals surface area contributed by atoms with E-state index in [-0.39, 0.29) is 20.1 Å². The fraction of sp³-hybridized carbons (Fsp3) is 0.108. The second-order valence-corrected chi connectivity index (χ2v) is 16.3. The van der Waals surface area contributed by atoms with E-state index in [0.29, 0.717) is 5.71 Å². The van der Waals surface area contributed by atoms with E-state index in [1.165, 1.54) is 16.3 Å². The number of pyridine rings is 3. The normalized spacial score (nSPS) is 11.1. The summed E-state index contributed by atoms with van der Waals surface area (Å²) in [6.45, 7) is 9.06. The first-order chi connectivity index (χ1) is 20.4. The van der Waals surface area contributed by atoms with Crippen LogP contribution in [0.2, 0.25) is 19.6 Å². The van der Waals surface area contributed by atoms with Crippen LogP contribution in [0.15, 0.2) is 120 Å². The fourth-order valence-electron chi connectivity index (χ4n) is 4.97. The number of hydrogen-bond donors (Lipinski definition) is 0. The third-order valence-electron chi connectivity index (χ3n) is 7.13. The molecule has 1 radical (unpaired) electrons. The van der Waals surface area contributed by atoms with Crippen molar-refractivity contribution < 1.29 is 24.5 Å². The summed E-state index contributed by atoms with van der Waals surface area (Å²) >= 11 is 0. The average molecular weight is 754 g/mol. The van der Waals surface area contributed by atoms with E-state index in [9.17, 15) is 0 Å². The minimum Gasteiger partial charge on any atom is -0.486 e. The first-order valence-corrected chi connectivity index (χ1v) is 17.5. The smallest absolute Gasteiger partial charge is 0.216 e.